The van der Waals surface area contributed by atoms with E-state index in [1.165, 1.54) is 12.1 Å². The van der Waals surface area contributed by atoms with Gasteiger partial charge in [0.1, 0.15) is 6.54 Å². The van der Waals surface area contributed by atoms with Crippen LogP contribution in [0.5, 0.6) is 0 Å². The highest BCUT2D eigenvalue weighted by Gasteiger charge is 2.22. The summed E-state index contributed by atoms with van der Waals surface area (Å²) < 4.78 is 0. The molecule has 6 nitrogen and oxygen atoms in total. The van der Waals surface area contributed by atoms with Crippen molar-refractivity contribution in [3.05, 3.63) is 102 Å². The van der Waals surface area contributed by atoms with Crippen LogP contribution in [0.4, 0.5) is 5.69 Å². The summed E-state index contributed by atoms with van der Waals surface area (Å²) in [5.41, 5.74) is 2.61. The molecule has 0 aromatic heterocycles. The van der Waals surface area contributed by atoms with E-state index in [0.717, 1.165) is 11.1 Å². The minimum atomic E-state index is -1.12. The fourth-order valence-corrected chi connectivity index (χ4v) is 2.96. The van der Waals surface area contributed by atoms with Crippen LogP contribution in [0.15, 0.2) is 84.9 Å². The Labute approximate surface area is 168 Å². The lowest BCUT2D eigenvalue weighted by Crippen LogP contribution is -2.29. The van der Waals surface area contributed by atoms with Crippen molar-refractivity contribution >= 4 is 23.5 Å². The molecule has 0 unspecified atom stereocenters. The Hall–Kier alpha value is -3.93. The molecule has 0 aliphatic rings. The van der Waals surface area contributed by atoms with Crippen LogP contribution >= 0.6 is 0 Å². The number of aliphatic carboxylic acids is 1. The third-order valence-electron chi connectivity index (χ3n) is 4.34. The summed E-state index contributed by atoms with van der Waals surface area (Å²) in [7, 11) is 0. The Morgan fingerprint density at radius 2 is 1.28 bits per heavy atom. The Bertz CT molecular complexity index is 947. The first-order chi connectivity index (χ1) is 14.0. The molecule has 0 aliphatic heterocycles. The molecule has 3 rings (SSSR count). The first-order valence-electron chi connectivity index (χ1n) is 9.05. The summed E-state index contributed by atoms with van der Waals surface area (Å²) in [6.45, 7) is -0.451. The molecule has 0 spiro atoms. The Kier molecular flexibility index (Phi) is 6.37. The Morgan fingerprint density at radius 3 is 1.76 bits per heavy atom. The quantitative estimate of drug-likeness (QED) is 0.579. The molecule has 146 valence electrons. The van der Waals surface area contributed by atoms with E-state index in [1.54, 1.807) is 12.1 Å². The van der Waals surface area contributed by atoms with Gasteiger partial charge in [-0.15, -0.1) is 0 Å². The summed E-state index contributed by atoms with van der Waals surface area (Å²) in [5.74, 6) is -2.27. The number of hydrogen-bond acceptors (Lipinski definition) is 3. The van der Waals surface area contributed by atoms with Crippen LogP contribution in [0.25, 0.3) is 0 Å². The maximum atomic E-state index is 13.1. The van der Waals surface area contributed by atoms with Crippen molar-refractivity contribution in [3.63, 3.8) is 0 Å². The molecular formula is C23H20N2O4. The van der Waals surface area contributed by atoms with Crippen molar-refractivity contribution in [1.29, 1.82) is 0 Å². The molecule has 3 aromatic rings. The predicted molar refractivity (Wildman–Crippen MR) is 110 cm³/mol. The summed E-state index contributed by atoms with van der Waals surface area (Å²) >= 11 is 0. The van der Waals surface area contributed by atoms with Gasteiger partial charge in [0.15, 0.2) is 0 Å². The maximum absolute atomic E-state index is 13.1. The van der Waals surface area contributed by atoms with E-state index in [0.29, 0.717) is 11.3 Å². The van der Waals surface area contributed by atoms with Gasteiger partial charge in [-0.1, -0.05) is 60.7 Å². The number of amides is 2. The predicted octanol–water partition coefficient (Wildman–Crippen LogP) is 3.27. The first-order valence-corrected chi connectivity index (χ1v) is 9.05. The van der Waals surface area contributed by atoms with E-state index in [2.05, 4.69) is 10.6 Å². The topological polar surface area (TPSA) is 95.5 Å². The zero-order valence-corrected chi connectivity index (χ0v) is 15.5. The highest BCUT2D eigenvalue weighted by molar-refractivity contribution is 5.99. The number of benzene rings is 3. The van der Waals surface area contributed by atoms with Crippen molar-refractivity contribution in [2.24, 2.45) is 0 Å². The van der Waals surface area contributed by atoms with E-state index >= 15 is 0 Å². The normalized spacial score (nSPS) is 10.4. The number of carbonyl (C=O) groups is 3. The van der Waals surface area contributed by atoms with E-state index in [1.807, 2.05) is 60.7 Å². The molecular weight excluding hydrogens is 368 g/mol. The molecule has 0 saturated heterocycles. The van der Waals surface area contributed by atoms with E-state index in [-0.39, 0.29) is 5.91 Å². The number of carboxylic acid groups (broad SMARTS) is 1. The number of carboxylic acids is 1. The number of rotatable bonds is 7. The van der Waals surface area contributed by atoms with Crippen LogP contribution in [0.2, 0.25) is 0 Å². The Balaban J connectivity index is 1.76. The molecule has 0 radical (unpaired) electrons. The average molecular weight is 388 g/mol. The van der Waals surface area contributed by atoms with E-state index < -0.39 is 24.3 Å². The molecule has 2 amide bonds. The van der Waals surface area contributed by atoms with Gasteiger partial charge >= 0.3 is 5.97 Å². The summed E-state index contributed by atoms with van der Waals surface area (Å²) in [6, 6.07) is 25.3. The molecule has 3 N–H and O–H groups in total. The molecule has 3 aromatic carbocycles. The van der Waals surface area contributed by atoms with Crippen molar-refractivity contribution < 1.29 is 19.5 Å². The van der Waals surface area contributed by atoms with Crippen LogP contribution < -0.4 is 10.6 Å². The van der Waals surface area contributed by atoms with Crippen molar-refractivity contribution in [2.75, 3.05) is 11.9 Å². The van der Waals surface area contributed by atoms with Gasteiger partial charge in [-0.3, -0.25) is 14.4 Å². The fraction of sp³-hybridized carbons (Fsp3) is 0.0870. The number of carbonyl (C=O) groups excluding carboxylic acids is 2. The lowest BCUT2D eigenvalue weighted by Gasteiger charge is -2.18. The zero-order chi connectivity index (χ0) is 20.6. The molecule has 0 fully saturated rings. The van der Waals surface area contributed by atoms with Gasteiger partial charge in [0.2, 0.25) is 5.91 Å². The minimum absolute atomic E-state index is 0.189. The third-order valence-corrected chi connectivity index (χ3v) is 4.34. The van der Waals surface area contributed by atoms with Crippen molar-refractivity contribution in [3.8, 4) is 0 Å². The number of hydrogen-bond donors (Lipinski definition) is 3. The van der Waals surface area contributed by atoms with Gasteiger partial charge in [-0.25, -0.2) is 0 Å². The number of nitrogens with one attached hydrogen (secondary N) is 2. The smallest absolute Gasteiger partial charge is 0.322 e. The van der Waals surface area contributed by atoms with Gasteiger partial charge in [-0.2, -0.15) is 0 Å². The van der Waals surface area contributed by atoms with Crippen LogP contribution in [-0.2, 0) is 9.59 Å². The summed E-state index contributed by atoms with van der Waals surface area (Å²) in [5, 5.41) is 13.8. The summed E-state index contributed by atoms with van der Waals surface area (Å²) in [6.07, 6.45) is 0. The zero-order valence-electron chi connectivity index (χ0n) is 15.5. The largest absolute Gasteiger partial charge is 0.480 e. The van der Waals surface area contributed by atoms with Crippen molar-refractivity contribution in [2.45, 2.75) is 5.92 Å². The van der Waals surface area contributed by atoms with Crippen molar-refractivity contribution in [1.82, 2.24) is 5.32 Å². The Morgan fingerprint density at radius 1 is 0.759 bits per heavy atom. The lowest BCUT2D eigenvalue weighted by molar-refractivity contribution is -0.135. The molecule has 0 saturated carbocycles. The second kappa shape index (κ2) is 9.32. The highest BCUT2D eigenvalue weighted by atomic mass is 16.4. The van der Waals surface area contributed by atoms with Crippen LogP contribution in [0, 0.1) is 0 Å². The third kappa shape index (κ3) is 5.29. The minimum Gasteiger partial charge on any atom is -0.480 e. The average Bonchev–Trinajstić information content (AvgIpc) is 2.74. The highest BCUT2D eigenvalue weighted by Crippen LogP contribution is 2.26. The van der Waals surface area contributed by atoms with Gasteiger partial charge in [0, 0.05) is 11.3 Å². The first kappa shape index (κ1) is 19.8. The molecule has 0 heterocycles. The fourth-order valence-electron chi connectivity index (χ4n) is 2.96. The molecule has 29 heavy (non-hydrogen) atoms. The van der Waals surface area contributed by atoms with Gasteiger partial charge < -0.3 is 15.7 Å². The van der Waals surface area contributed by atoms with Gasteiger partial charge in [-0.05, 0) is 35.4 Å². The monoisotopic (exact) mass is 388 g/mol. The SMILES string of the molecule is O=C(O)CNC(=O)c1ccc(NC(=O)C(c2ccccc2)c2ccccc2)cc1. The van der Waals surface area contributed by atoms with Crippen LogP contribution in [0.3, 0.4) is 0 Å². The lowest BCUT2D eigenvalue weighted by atomic mass is 9.90. The van der Waals surface area contributed by atoms with Crippen LogP contribution in [0.1, 0.15) is 27.4 Å². The number of anilines is 1. The van der Waals surface area contributed by atoms with E-state index in [9.17, 15) is 14.4 Å². The molecule has 0 atom stereocenters. The maximum Gasteiger partial charge on any atom is 0.322 e. The second-order valence-electron chi connectivity index (χ2n) is 6.40. The molecule has 0 bridgehead atoms. The molecule has 0 aliphatic carbocycles. The second-order valence-corrected chi connectivity index (χ2v) is 6.40. The standard InChI is InChI=1S/C23H20N2O4/c26-20(27)15-24-22(28)18-11-13-19(14-12-18)25-23(29)21(16-7-3-1-4-8-16)17-9-5-2-6-10-17/h1-14,21H,15H2,(H,24,28)(H,25,29)(H,26,27). The molecule has 6 heteroatoms. The van der Waals surface area contributed by atoms with Crippen LogP contribution in [-0.4, -0.2) is 29.4 Å². The van der Waals surface area contributed by atoms with E-state index in [4.69, 9.17) is 5.11 Å². The van der Waals surface area contributed by atoms with Gasteiger partial charge in [0.05, 0.1) is 5.92 Å². The van der Waals surface area contributed by atoms with Gasteiger partial charge in [0.25, 0.3) is 5.91 Å². The summed E-state index contributed by atoms with van der Waals surface area (Å²) in [4.78, 5) is 35.5.